The Hall–Kier alpha value is 0.740. The molecule has 3 N–H and O–H groups in total. The SMILES string of the molecule is CC1(C)O[C@@H]2C[C@H]3[C@@H]4CCC5=CC(=O)C=C[C@]5(C)[C@@]4(F)[C@@H](O)C[C@]3(C)[C@]2(C(=O)COP(=O)(O)O)O1.[Na].[Na]. The normalized spacial score (nSPS) is 45.4. The minimum absolute atomic E-state index is 0. The molecule has 5 rings (SSSR count). The van der Waals surface area contributed by atoms with Gasteiger partial charge in [-0.3, -0.25) is 14.1 Å². The number of phosphoric ester groups is 1. The summed E-state index contributed by atoms with van der Waals surface area (Å²) in [6, 6.07) is 0. The van der Waals surface area contributed by atoms with Gasteiger partial charge in [-0.2, -0.15) is 0 Å². The van der Waals surface area contributed by atoms with Crippen molar-refractivity contribution in [1.82, 2.24) is 0 Å². The number of alkyl halides is 1. The topological polar surface area (TPSA) is 140 Å². The molecule has 0 bridgehead atoms. The minimum atomic E-state index is -4.94. The number of rotatable bonds is 4. The van der Waals surface area contributed by atoms with Crippen LogP contribution in [0.2, 0.25) is 0 Å². The number of carbonyl (C=O) groups is 2. The van der Waals surface area contributed by atoms with Crippen LogP contribution in [0.1, 0.15) is 53.4 Å². The fourth-order valence-corrected chi connectivity index (χ4v) is 8.34. The van der Waals surface area contributed by atoms with Gasteiger partial charge in [0.15, 0.2) is 28.6 Å². The van der Waals surface area contributed by atoms with E-state index in [-0.39, 0.29) is 77.7 Å². The Morgan fingerprint density at radius 2 is 1.86 bits per heavy atom. The smallest absolute Gasteiger partial charge is 0.390 e. The van der Waals surface area contributed by atoms with Gasteiger partial charge in [-0.15, -0.1) is 0 Å². The van der Waals surface area contributed by atoms with Crippen molar-refractivity contribution < 1.29 is 47.4 Å². The number of Topliss-reactive ketones (excluding diaryl/α,β-unsaturated/α-hetero) is 1. The van der Waals surface area contributed by atoms with Gasteiger partial charge in [-0.1, -0.05) is 18.6 Å². The Labute approximate surface area is 259 Å². The standard InChI is InChI=1S/C24H32FO9P.2Na/c1-20(2)33-19-10-16-15-6-5-13-9-14(26)7-8-21(13,3)23(15,25)17(27)11-22(16,4)24(19,34-20)18(28)12-32-35(29,30)31;;/h7-9,15-17,19,27H,5-6,10-12H2,1-4H3,(H2,29,30,31);;/t15-,16-,17-,19+,21-,22-,23-,24+;;/m0../s1. The molecule has 9 nitrogen and oxygen atoms in total. The number of hydrogen-bond donors (Lipinski definition) is 3. The number of allylic oxidation sites excluding steroid dienone is 4. The second-order valence-electron chi connectivity index (χ2n) is 11.5. The first-order valence-electron chi connectivity index (χ1n) is 11.9. The minimum Gasteiger partial charge on any atom is -0.390 e. The Balaban J connectivity index is 0.00000190. The molecule has 3 saturated carbocycles. The number of phosphoric acid groups is 1. The molecule has 2 radical (unpaired) electrons. The quantitative estimate of drug-likeness (QED) is 0.347. The van der Waals surface area contributed by atoms with Gasteiger partial charge in [-0.25, -0.2) is 8.96 Å². The maximum atomic E-state index is 17.3. The number of hydrogen-bond acceptors (Lipinski definition) is 7. The van der Waals surface area contributed by atoms with Gasteiger partial charge in [0, 0.05) is 75.9 Å². The Morgan fingerprint density at radius 3 is 2.49 bits per heavy atom. The molecule has 1 heterocycles. The Bertz CT molecular complexity index is 1110. The number of fused-ring (bicyclic) bond motifs is 7. The Kier molecular flexibility index (Phi) is 8.66. The van der Waals surface area contributed by atoms with Crippen molar-refractivity contribution in [3.63, 3.8) is 0 Å². The second kappa shape index (κ2) is 9.93. The second-order valence-corrected chi connectivity index (χ2v) is 12.8. The molecule has 4 fully saturated rings. The summed E-state index contributed by atoms with van der Waals surface area (Å²) < 4.78 is 45.5. The van der Waals surface area contributed by atoms with E-state index in [1.165, 1.54) is 12.2 Å². The zero-order valence-corrected chi connectivity index (χ0v) is 27.1. The summed E-state index contributed by atoms with van der Waals surface area (Å²) in [6.07, 6.45) is 3.06. The zero-order valence-electron chi connectivity index (χ0n) is 22.2. The van der Waals surface area contributed by atoms with Crippen molar-refractivity contribution in [2.45, 2.75) is 82.6 Å². The molecule has 37 heavy (non-hydrogen) atoms. The van der Waals surface area contributed by atoms with Gasteiger partial charge >= 0.3 is 7.82 Å². The van der Waals surface area contributed by atoms with Crippen LogP contribution in [0.5, 0.6) is 0 Å². The third-order valence-corrected chi connectivity index (χ3v) is 9.88. The van der Waals surface area contributed by atoms with Gasteiger partial charge < -0.3 is 24.4 Å². The third kappa shape index (κ3) is 4.46. The molecule has 1 saturated heterocycles. The molecule has 13 heteroatoms. The molecule has 0 spiro atoms. The first kappa shape index (κ1) is 32.3. The van der Waals surface area contributed by atoms with Crippen LogP contribution in [0, 0.1) is 22.7 Å². The van der Waals surface area contributed by atoms with Crippen LogP contribution < -0.4 is 0 Å². The van der Waals surface area contributed by atoms with Crippen molar-refractivity contribution in [2.24, 2.45) is 22.7 Å². The van der Waals surface area contributed by atoms with E-state index in [0.717, 1.165) is 0 Å². The summed E-state index contributed by atoms with van der Waals surface area (Å²) in [4.78, 5) is 44.0. The van der Waals surface area contributed by atoms with Crippen LogP contribution in [-0.2, 0) is 28.2 Å². The van der Waals surface area contributed by atoms with Crippen molar-refractivity contribution in [3.8, 4) is 0 Å². The molecule has 0 aromatic carbocycles. The van der Waals surface area contributed by atoms with E-state index in [9.17, 15) is 29.0 Å². The fraction of sp³-hybridized carbons (Fsp3) is 0.750. The zero-order chi connectivity index (χ0) is 25.8. The number of ether oxygens (including phenoxy) is 2. The molecule has 0 amide bonds. The largest absolute Gasteiger partial charge is 0.470 e. The van der Waals surface area contributed by atoms with Crippen LogP contribution >= 0.6 is 7.82 Å². The van der Waals surface area contributed by atoms with Gasteiger partial charge in [0.25, 0.3) is 0 Å². The van der Waals surface area contributed by atoms with Gasteiger partial charge in [-0.05, 0) is 64.5 Å². The summed E-state index contributed by atoms with van der Waals surface area (Å²) in [7, 11) is -4.94. The summed E-state index contributed by atoms with van der Waals surface area (Å²) in [5.74, 6) is -3.17. The molecule has 4 aliphatic carbocycles. The molecule has 1 aliphatic heterocycles. The maximum absolute atomic E-state index is 17.3. The van der Waals surface area contributed by atoms with Crippen molar-refractivity contribution in [3.05, 3.63) is 23.8 Å². The number of aliphatic hydroxyl groups is 1. The summed E-state index contributed by atoms with van der Waals surface area (Å²) >= 11 is 0. The first-order valence-corrected chi connectivity index (χ1v) is 13.5. The van der Waals surface area contributed by atoms with Gasteiger partial charge in [0.05, 0.1) is 12.2 Å². The van der Waals surface area contributed by atoms with Crippen LogP contribution in [0.3, 0.4) is 0 Å². The number of aliphatic hydroxyl groups excluding tert-OH is 1. The van der Waals surface area contributed by atoms with E-state index in [1.54, 1.807) is 33.8 Å². The van der Waals surface area contributed by atoms with E-state index >= 15 is 4.39 Å². The molecule has 0 aromatic heterocycles. The van der Waals surface area contributed by atoms with Crippen molar-refractivity contribution >= 4 is 78.5 Å². The summed E-state index contributed by atoms with van der Waals surface area (Å²) in [5.41, 5.74) is -5.37. The summed E-state index contributed by atoms with van der Waals surface area (Å²) in [5, 5.41) is 11.5. The average Bonchev–Trinajstić information content (AvgIpc) is 3.14. The van der Waals surface area contributed by atoms with Crippen molar-refractivity contribution in [2.75, 3.05) is 6.61 Å². The van der Waals surface area contributed by atoms with E-state index < -0.39 is 72.1 Å². The van der Waals surface area contributed by atoms with Gasteiger partial charge in [0.2, 0.25) is 0 Å². The number of halogens is 1. The van der Waals surface area contributed by atoms with Crippen LogP contribution in [0.25, 0.3) is 0 Å². The molecule has 8 atom stereocenters. The monoisotopic (exact) mass is 560 g/mol. The summed E-state index contributed by atoms with van der Waals surface area (Å²) in [6.45, 7) is 5.86. The van der Waals surface area contributed by atoms with E-state index in [1.807, 2.05) is 0 Å². The molecule has 0 unspecified atom stereocenters. The number of carbonyl (C=O) groups excluding carboxylic acids is 2. The van der Waals surface area contributed by atoms with E-state index in [4.69, 9.17) is 9.47 Å². The predicted octanol–water partition coefficient (Wildman–Crippen LogP) is 1.77. The van der Waals surface area contributed by atoms with E-state index in [2.05, 4.69) is 4.52 Å². The van der Waals surface area contributed by atoms with Crippen LogP contribution in [-0.4, -0.2) is 121 Å². The third-order valence-electron chi connectivity index (χ3n) is 9.41. The number of ketones is 2. The molecular weight excluding hydrogens is 528 g/mol. The van der Waals surface area contributed by atoms with Crippen LogP contribution in [0.4, 0.5) is 4.39 Å². The van der Waals surface area contributed by atoms with E-state index in [0.29, 0.717) is 18.4 Å². The predicted molar refractivity (Wildman–Crippen MR) is 131 cm³/mol. The van der Waals surface area contributed by atoms with Crippen molar-refractivity contribution in [1.29, 1.82) is 0 Å². The van der Waals surface area contributed by atoms with Gasteiger partial charge in [0.1, 0.15) is 6.61 Å². The fourth-order valence-electron chi connectivity index (χ4n) is 8.06. The molecule has 5 aliphatic rings. The molecular formula is C24H32FNa2O9P. The maximum Gasteiger partial charge on any atom is 0.470 e. The van der Waals surface area contributed by atoms with Crippen LogP contribution in [0.15, 0.2) is 23.8 Å². The Morgan fingerprint density at radius 1 is 1.22 bits per heavy atom. The average molecular weight is 560 g/mol. The molecule has 0 aromatic rings. The molecule has 196 valence electrons. The first-order chi connectivity index (χ1) is 16.0.